The number of benzene rings is 3. The zero-order valence-corrected chi connectivity index (χ0v) is 18.1. The molecule has 3 aromatic rings. The smallest absolute Gasteiger partial charge is 0.268 e. The number of amides is 1. The van der Waals surface area contributed by atoms with E-state index in [4.69, 9.17) is 0 Å². The lowest BCUT2D eigenvalue weighted by Gasteiger charge is -2.21. The van der Waals surface area contributed by atoms with Crippen molar-refractivity contribution in [2.45, 2.75) is 31.6 Å². The van der Waals surface area contributed by atoms with Crippen LogP contribution in [-0.4, -0.2) is 14.3 Å². The standard InChI is InChI=1S/C25H25NO3S/c1-19(2)22-14-11-21(12-15-22)13-18-25(27)26(23-16-9-20(3)10-17-23)30(28,29)24-7-5-4-6-8-24/h4-19H,1-3H3/b18-13+. The minimum Gasteiger partial charge on any atom is -0.268 e. The molecule has 0 saturated heterocycles. The average Bonchev–Trinajstić information content (AvgIpc) is 2.74. The third kappa shape index (κ3) is 4.86. The number of carbonyl (C=O) groups excluding carboxylic acids is 1. The van der Waals surface area contributed by atoms with Crippen molar-refractivity contribution in [3.05, 3.63) is 102 Å². The second-order valence-corrected chi connectivity index (χ2v) is 9.20. The fourth-order valence-electron chi connectivity index (χ4n) is 2.99. The molecular formula is C25H25NO3S. The number of anilines is 1. The van der Waals surface area contributed by atoms with Crippen molar-refractivity contribution >= 4 is 27.7 Å². The predicted octanol–water partition coefficient (Wildman–Crippen LogP) is 5.55. The monoisotopic (exact) mass is 419 g/mol. The molecule has 1 amide bonds. The van der Waals surface area contributed by atoms with E-state index in [2.05, 4.69) is 13.8 Å². The van der Waals surface area contributed by atoms with Crippen LogP contribution >= 0.6 is 0 Å². The molecular weight excluding hydrogens is 394 g/mol. The zero-order valence-electron chi connectivity index (χ0n) is 17.3. The maximum absolute atomic E-state index is 13.3. The molecule has 154 valence electrons. The van der Waals surface area contributed by atoms with Crippen LogP contribution in [-0.2, 0) is 14.8 Å². The molecule has 0 aliphatic carbocycles. The van der Waals surface area contributed by atoms with Crippen molar-refractivity contribution in [2.24, 2.45) is 0 Å². The third-order valence-corrected chi connectivity index (χ3v) is 6.51. The first-order valence-electron chi connectivity index (χ1n) is 9.78. The second-order valence-electron chi connectivity index (χ2n) is 7.41. The van der Waals surface area contributed by atoms with Crippen LogP contribution in [0.2, 0.25) is 0 Å². The Hall–Kier alpha value is -3.18. The van der Waals surface area contributed by atoms with Gasteiger partial charge >= 0.3 is 0 Å². The lowest BCUT2D eigenvalue weighted by atomic mass is 10.0. The summed E-state index contributed by atoms with van der Waals surface area (Å²) in [4.78, 5) is 13.1. The third-order valence-electron chi connectivity index (χ3n) is 4.77. The molecule has 0 saturated carbocycles. The highest BCUT2D eigenvalue weighted by atomic mass is 32.2. The van der Waals surface area contributed by atoms with Gasteiger partial charge < -0.3 is 0 Å². The second kappa shape index (κ2) is 9.09. The van der Waals surface area contributed by atoms with E-state index in [1.807, 2.05) is 31.2 Å². The summed E-state index contributed by atoms with van der Waals surface area (Å²) >= 11 is 0. The average molecular weight is 420 g/mol. The molecule has 0 atom stereocenters. The van der Waals surface area contributed by atoms with Crippen molar-refractivity contribution in [3.8, 4) is 0 Å². The van der Waals surface area contributed by atoms with Crippen LogP contribution in [0.3, 0.4) is 0 Å². The van der Waals surface area contributed by atoms with Gasteiger partial charge in [0.2, 0.25) is 0 Å². The largest absolute Gasteiger partial charge is 0.271 e. The highest BCUT2D eigenvalue weighted by Crippen LogP contribution is 2.25. The van der Waals surface area contributed by atoms with Crippen LogP contribution in [0.15, 0.2) is 89.8 Å². The normalized spacial score (nSPS) is 11.7. The molecule has 0 fully saturated rings. The van der Waals surface area contributed by atoms with Gasteiger partial charge in [0.1, 0.15) is 0 Å². The Morgan fingerprint density at radius 2 is 1.47 bits per heavy atom. The van der Waals surface area contributed by atoms with E-state index in [0.29, 0.717) is 11.6 Å². The summed E-state index contributed by atoms with van der Waals surface area (Å²) < 4.78 is 27.4. The molecule has 0 N–H and O–H groups in total. The Bertz CT molecular complexity index is 1130. The Morgan fingerprint density at radius 1 is 0.867 bits per heavy atom. The Balaban J connectivity index is 1.97. The number of hydrogen-bond acceptors (Lipinski definition) is 3. The Kier molecular flexibility index (Phi) is 6.53. The van der Waals surface area contributed by atoms with Gasteiger partial charge in [0.05, 0.1) is 10.6 Å². The molecule has 0 aliphatic rings. The number of nitrogens with zero attached hydrogens (tertiary/aromatic N) is 1. The van der Waals surface area contributed by atoms with Crippen molar-refractivity contribution < 1.29 is 13.2 Å². The van der Waals surface area contributed by atoms with Crippen LogP contribution in [0, 0.1) is 6.92 Å². The summed E-state index contributed by atoms with van der Waals surface area (Å²) in [5.74, 6) is -0.214. The molecule has 0 unspecified atom stereocenters. The van der Waals surface area contributed by atoms with Gasteiger partial charge in [0.15, 0.2) is 0 Å². The van der Waals surface area contributed by atoms with Gasteiger partial charge in [-0.15, -0.1) is 0 Å². The van der Waals surface area contributed by atoms with Gasteiger partial charge in [-0.05, 0) is 54.3 Å². The number of sulfonamides is 1. The number of aryl methyl sites for hydroxylation is 1. The molecule has 30 heavy (non-hydrogen) atoms. The maximum Gasteiger partial charge on any atom is 0.271 e. The zero-order chi connectivity index (χ0) is 21.7. The van der Waals surface area contributed by atoms with Crippen molar-refractivity contribution in [2.75, 3.05) is 4.31 Å². The fraction of sp³-hybridized carbons (Fsp3) is 0.160. The summed E-state index contributed by atoms with van der Waals surface area (Å²) in [5, 5.41) is 0. The van der Waals surface area contributed by atoms with E-state index >= 15 is 0 Å². The van der Waals surface area contributed by atoms with Gasteiger partial charge in [0, 0.05) is 6.08 Å². The fourth-order valence-corrected chi connectivity index (χ4v) is 4.40. The highest BCUT2D eigenvalue weighted by Gasteiger charge is 2.29. The van der Waals surface area contributed by atoms with E-state index < -0.39 is 15.9 Å². The SMILES string of the molecule is Cc1ccc(N(C(=O)/C=C/c2ccc(C(C)C)cc2)S(=O)(=O)c2ccccc2)cc1. The lowest BCUT2D eigenvalue weighted by molar-refractivity contribution is -0.113. The van der Waals surface area contributed by atoms with Gasteiger partial charge in [-0.2, -0.15) is 4.31 Å². The van der Waals surface area contributed by atoms with E-state index in [1.165, 1.54) is 23.8 Å². The molecule has 0 aromatic heterocycles. The Morgan fingerprint density at radius 3 is 2.03 bits per heavy atom. The van der Waals surface area contributed by atoms with Crippen molar-refractivity contribution in [1.82, 2.24) is 0 Å². The summed E-state index contributed by atoms with van der Waals surface area (Å²) in [6.07, 6.45) is 2.93. The molecule has 4 nitrogen and oxygen atoms in total. The minimum atomic E-state index is -4.06. The summed E-state index contributed by atoms with van der Waals surface area (Å²) in [6.45, 7) is 6.13. The Labute approximate surface area is 178 Å². The summed E-state index contributed by atoms with van der Waals surface area (Å²) in [7, 11) is -4.06. The number of carbonyl (C=O) groups is 1. The molecule has 5 heteroatoms. The molecule has 0 radical (unpaired) electrons. The predicted molar refractivity (Wildman–Crippen MR) is 122 cm³/mol. The van der Waals surface area contributed by atoms with E-state index in [1.54, 1.807) is 48.5 Å². The number of hydrogen-bond donors (Lipinski definition) is 0. The minimum absolute atomic E-state index is 0.0635. The molecule has 0 heterocycles. The topological polar surface area (TPSA) is 54.5 Å². The van der Waals surface area contributed by atoms with Crippen molar-refractivity contribution in [1.29, 1.82) is 0 Å². The van der Waals surface area contributed by atoms with E-state index in [-0.39, 0.29) is 4.90 Å². The maximum atomic E-state index is 13.3. The molecule has 0 bridgehead atoms. The molecule has 0 spiro atoms. The van der Waals surface area contributed by atoms with Crippen LogP contribution in [0.5, 0.6) is 0 Å². The molecule has 3 rings (SSSR count). The summed E-state index contributed by atoms with van der Waals surface area (Å²) in [6, 6.07) is 22.7. The first kappa shape index (κ1) is 21.5. The van der Waals surface area contributed by atoms with Crippen LogP contribution in [0.4, 0.5) is 5.69 Å². The van der Waals surface area contributed by atoms with Crippen LogP contribution < -0.4 is 4.31 Å². The first-order valence-corrected chi connectivity index (χ1v) is 11.2. The van der Waals surface area contributed by atoms with E-state index in [0.717, 1.165) is 15.4 Å². The van der Waals surface area contributed by atoms with Gasteiger partial charge in [-0.3, -0.25) is 4.79 Å². The summed E-state index contributed by atoms with van der Waals surface area (Å²) in [5.41, 5.74) is 3.30. The quantitative estimate of drug-likeness (QED) is 0.492. The number of rotatable bonds is 6. The highest BCUT2D eigenvalue weighted by molar-refractivity contribution is 7.93. The van der Waals surface area contributed by atoms with Crippen LogP contribution in [0.1, 0.15) is 36.5 Å². The van der Waals surface area contributed by atoms with Crippen molar-refractivity contribution in [3.63, 3.8) is 0 Å². The lowest BCUT2D eigenvalue weighted by Crippen LogP contribution is -2.35. The van der Waals surface area contributed by atoms with Crippen LogP contribution in [0.25, 0.3) is 6.08 Å². The first-order chi connectivity index (χ1) is 14.3. The molecule has 3 aromatic carbocycles. The van der Waals surface area contributed by atoms with Gasteiger partial charge in [-0.25, -0.2) is 8.42 Å². The molecule has 0 aliphatic heterocycles. The van der Waals surface area contributed by atoms with Gasteiger partial charge in [-0.1, -0.05) is 74.0 Å². The van der Waals surface area contributed by atoms with Gasteiger partial charge in [0.25, 0.3) is 15.9 Å². The van der Waals surface area contributed by atoms with E-state index in [9.17, 15) is 13.2 Å².